The molecule has 1 fully saturated rings. The minimum Gasteiger partial charge on any atom is -0.490 e. The van der Waals surface area contributed by atoms with Crippen LogP contribution >= 0.6 is 0 Å². The number of aliphatic hydroxyl groups excluding tert-OH is 1. The number of benzene rings is 1. The second-order valence-electron chi connectivity index (χ2n) is 4.14. The molecule has 1 aliphatic carbocycles. The molecule has 3 heteroatoms. The molecule has 1 saturated carbocycles. The van der Waals surface area contributed by atoms with Crippen molar-refractivity contribution in [3.8, 4) is 5.75 Å². The van der Waals surface area contributed by atoms with E-state index in [9.17, 15) is 4.79 Å². The quantitative estimate of drug-likeness (QED) is 0.848. The zero-order valence-corrected chi connectivity index (χ0v) is 9.19. The molecule has 0 radical (unpaired) electrons. The molecule has 1 aromatic carbocycles. The van der Waals surface area contributed by atoms with Crippen LogP contribution in [0.5, 0.6) is 5.75 Å². The van der Waals surface area contributed by atoms with E-state index in [4.69, 9.17) is 9.84 Å². The number of carbonyl (C=O) groups is 1. The van der Waals surface area contributed by atoms with E-state index in [-0.39, 0.29) is 18.5 Å². The topological polar surface area (TPSA) is 46.5 Å². The standard InChI is InChI=1S/C13H16O3/c14-9-10-4-1-2-7-13(10)16-12-6-3-5-11(15)8-12/h1-2,4,7,12,14H,3,5-6,8-9H2. The van der Waals surface area contributed by atoms with Crippen LogP contribution in [0.1, 0.15) is 31.2 Å². The maximum Gasteiger partial charge on any atom is 0.136 e. The van der Waals surface area contributed by atoms with Gasteiger partial charge in [0.2, 0.25) is 0 Å². The molecule has 16 heavy (non-hydrogen) atoms. The van der Waals surface area contributed by atoms with E-state index in [2.05, 4.69) is 0 Å². The molecule has 0 aromatic heterocycles. The van der Waals surface area contributed by atoms with Gasteiger partial charge in [-0.15, -0.1) is 0 Å². The van der Waals surface area contributed by atoms with Gasteiger partial charge in [0, 0.05) is 18.4 Å². The highest BCUT2D eigenvalue weighted by atomic mass is 16.5. The van der Waals surface area contributed by atoms with Crippen molar-refractivity contribution >= 4 is 5.78 Å². The van der Waals surface area contributed by atoms with Gasteiger partial charge in [-0.25, -0.2) is 0 Å². The van der Waals surface area contributed by atoms with E-state index in [1.54, 1.807) is 0 Å². The lowest BCUT2D eigenvalue weighted by Gasteiger charge is -2.23. The highest BCUT2D eigenvalue weighted by molar-refractivity contribution is 5.79. The highest BCUT2D eigenvalue weighted by Gasteiger charge is 2.21. The van der Waals surface area contributed by atoms with Gasteiger partial charge in [0.05, 0.1) is 6.61 Å². The first-order valence-corrected chi connectivity index (χ1v) is 5.66. The van der Waals surface area contributed by atoms with Crippen LogP contribution in [0.25, 0.3) is 0 Å². The molecule has 1 N–H and O–H groups in total. The average Bonchev–Trinajstić information content (AvgIpc) is 2.30. The normalized spacial score (nSPS) is 20.8. The van der Waals surface area contributed by atoms with Crippen molar-refractivity contribution in [1.29, 1.82) is 0 Å². The second-order valence-corrected chi connectivity index (χ2v) is 4.14. The Morgan fingerprint density at radius 1 is 1.38 bits per heavy atom. The van der Waals surface area contributed by atoms with Gasteiger partial charge in [-0.2, -0.15) is 0 Å². The molecule has 0 aliphatic heterocycles. The Bertz CT molecular complexity index is 373. The summed E-state index contributed by atoms with van der Waals surface area (Å²) in [5.74, 6) is 0.974. The first-order valence-electron chi connectivity index (χ1n) is 5.66. The maximum atomic E-state index is 11.3. The Morgan fingerprint density at radius 3 is 2.94 bits per heavy atom. The van der Waals surface area contributed by atoms with Gasteiger partial charge < -0.3 is 9.84 Å². The highest BCUT2D eigenvalue weighted by Crippen LogP contribution is 2.24. The Hall–Kier alpha value is -1.35. The third-order valence-electron chi connectivity index (χ3n) is 2.87. The number of rotatable bonds is 3. The van der Waals surface area contributed by atoms with E-state index in [1.165, 1.54) is 0 Å². The first-order chi connectivity index (χ1) is 7.79. The summed E-state index contributed by atoms with van der Waals surface area (Å²) in [6.07, 6.45) is 2.99. The number of hydrogen-bond donors (Lipinski definition) is 1. The molecule has 0 spiro atoms. The van der Waals surface area contributed by atoms with Crippen molar-refractivity contribution < 1.29 is 14.6 Å². The number of hydrogen-bond acceptors (Lipinski definition) is 3. The molecule has 2 rings (SSSR count). The molecule has 0 bridgehead atoms. The van der Waals surface area contributed by atoms with Crippen molar-refractivity contribution in [2.75, 3.05) is 0 Å². The van der Waals surface area contributed by atoms with Crippen LogP contribution in [0.2, 0.25) is 0 Å². The monoisotopic (exact) mass is 220 g/mol. The van der Waals surface area contributed by atoms with Crippen molar-refractivity contribution in [2.24, 2.45) is 0 Å². The molecular formula is C13H16O3. The van der Waals surface area contributed by atoms with Crippen LogP contribution in [0.15, 0.2) is 24.3 Å². The van der Waals surface area contributed by atoms with Crippen LogP contribution in [0, 0.1) is 0 Å². The van der Waals surface area contributed by atoms with Crippen molar-refractivity contribution in [3.63, 3.8) is 0 Å². The molecule has 1 aromatic rings. The summed E-state index contributed by atoms with van der Waals surface area (Å²) in [6.45, 7) is -0.0309. The van der Waals surface area contributed by atoms with Gasteiger partial charge in [0.1, 0.15) is 17.6 Å². The molecule has 1 aliphatic rings. The molecular weight excluding hydrogens is 204 g/mol. The van der Waals surface area contributed by atoms with Crippen LogP contribution in [-0.4, -0.2) is 17.0 Å². The van der Waals surface area contributed by atoms with Gasteiger partial charge in [-0.1, -0.05) is 18.2 Å². The van der Waals surface area contributed by atoms with Crippen molar-refractivity contribution in [3.05, 3.63) is 29.8 Å². The van der Waals surface area contributed by atoms with Crippen molar-refractivity contribution in [2.45, 2.75) is 38.4 Å². The molecule has 0 amide bonds. The van der Waals surface area contributed by atoms with Gasteiger partial charge in [0.25, 0.3) is 0 Å². The minimum atomic E-state index is -0.0309. The summed E-state index contributed by atoms with van der Waals surface area (Å²) in [5.41, 5.74) is 0.778. The smallest absolute Gasteiger partial charge is 0.136 e. The summed E-state index contributed by atoms with van der Waals surface area (Å²) < 4.78 is 5.77. The zero-order valence-electron chi connectivity index (χ0n) is 9.19. The fraction of sp³-hybridized carbons (Fsp3) is 0.462. The maximum absolute atomic E-state index is 11.3. The zero-order chi connectivity index (χ0) is 11.4. The van der Waals surface area contributed by atoms with E-state index >= 15 is 0 Å². The summed E-state index contributed by atoms with van der Waals surface area (Å²) in [4.78, 5) is 11.3. The van der Waals surface area contributed by atoms with E-state index < -0.39 is 0 Å². The number of ketones is 1. The molecule has 1 atom stereocenters. The third kappa shape index (κ3) is 2.61. The van der Waals surface area contributed by atoms with Gasteiger partial charge >= 0.3 is 0 Å². The minimum absolute atomic E-state index is 0.0195. The average molecular weight is 220 g/mol. The van der Waals surface area contributed by atoms with E-state index in [0.29, 0.717) is 18.6 Å². The fourth-order valence-corrected chi connectivity index (χ4v) is 2.01. The third-order valence-corrected chi connectivity index (χ3v) is 2.87. The van der Waals surface area contributed by atoms with Crippen LogP contribution in [0.4, 0.5) is 0 Å². The Balaban J connectivity index is 2.05. The van der Waals surface area contributed by atoms with Crippen LogP contribution < -0.4 is 4.74 Å². The lowest BCUT2D eigenvalue weighted by molar-refractivity contribution is -0.122. The lowest BCUT2D eigenvalue weighted by Crippen LogP contribution is -2.25. The summed E-state index contributed by atoms with van der Waals surface area (Å²) in [7, 11) is 0. The summed E-state index contributed by atoms with van der Waals surface area (Å²) in [6, 6.07) is 7.41. The molecule has 0 heterocycles. The van der Waals surface area contributed by atoms with Crippen LogP contribution in [-0.2, 0) is 11.4 Å². The summed E-state index contributed by atoms with van der Waals surface area (Å²) in [5, 5.41) is 9.15. The molecule has 3 nitrogen and oxygen atoms in total. The Labute approximate surface area is 95.0 Å². The second kappa shape index (κ2) is 5.12. The number of para-hydroxylation sites is 1. The Morgan fingerprint density at radius 2 is 2.19 bits per heavy atom. The van der Waals surface area contributed by atoms with Crippen molar-refractivity contribution in [1.82, 2.24) is 0 Å². The predicted octanol–water partition coefficient (Wildman–Crippen LogP) is 2.07. The number of aliphatic hydroxyl groups is 1. The first kappa shape index (κ1) is 11.1. The summed E-state index contributed by atoms with van der Waals surface area (Å²) >= 11 is 0. The van der Waals surface area contributed by atoms with E-state index in [1.807, 2.05) is 24.3 Å². The SMILES string of the molecule is O=C1CCCC(Oc2ccccc2CO)C1. The van der Waals surface area contributed by atoms with Crippen LogP contribution in [0.3, 0.4) is 0 Å². The van der Waals surface area contributed by atoms with Gasteiger partial charge in [-0.3, -0.25) is 4.79 Å². The number of Topliss-reactive ketones (excluding diaryl/α,β-unsaturated/α-hetero) is 1. The van der Waals surface area contributed by atoms with Gasteiger partial charge in [0.15, 0.2) is 0 Å². The largest absolute Gasteiger partial charge is 0.490 e. The molecule has 1 unspecified atom stereocenters. The molecule has 0 saturated heterocycles. The fourth-order valence-electron chi connectivity index (χ4n) is 2.01. The number of ether oxygens (including phenoxy) is 1. The Kier molecular flexibility index (Phi) is 3.57. The van der Waals surface area contributed by atoms with Gasteiger partial charge in [-0.05, 0) is 18.9 Å². The predicted molar refractivity (Wildman–Crippen MR) is 60.3 cm³/mol. The number of carbonyl (C=O) groups excluding carboxylic acids is 1. The lowest BCUT2D eigenvalue weighted by atomic mass is 9.96. The van der Waals surface area contributed by atoms with E-state index in [0.717, 1.165) is 18.4 Å². The molecule has 86 valence electrons.